The Labute approximate surface area is 167 Å². The van der Waals surface area contributed by atoms with Gasteiger partial charge in [0.1, 0.15) is 5.82 Å². The van der Waals surface area contributed by atoms with Gasteiger partial charge in [-0.25, -0.2) is 9.37 Å². The molecule has 7 heteroatoms. The first kappa shape index (κ1) is 18.8. The van der Waals surface area contributed by atoms with E-state index >= 15 is 0 Å². The molecule has 2 aromatic heterocycles. The summed E-state index contributed by atoms with van der Waals surface area (Å²) in [7, 11) is 0. The van der Waals surface area contributed by atoms with Gasteiger partial charge in [-0.1, -0.05) is 6.92 Å². The maximum absolute atomic E-state index is 13.2. The van der Waals surface area contributed by atoms with E-state index in [0.717, 1.165) is 48.8 Å². The minimum atomic E-state index is -0.279. The van der Waals surface area contributed by atoms with E-state index in [2.05, 4.69) is 22.1 Å². The number of benzene rings is 1. The molecule has 0 unspecified atom stereocenters. The molecule has 0 saturated carbocycles. The molecule has 1 aliphatic rings. The molecular formula is C21H23FN4OS. The number of rotatable bonds is 4. The van der Waals surface area contributed by atoms with E-state index in [1.54, 1.807) is 23.5 Å². The van der Waals surface area contributed by atoms with Crippen LogP contribution in [0.5, 0.6) is 0 Å². The third-order valence-electron chi connectivity index (χ3n) is 5.24. The Morgan fingerprint density at radius 1 is 1.29 bits per heavy atom. The van der Waals surface area contributed by atoms with Crippen LogP contribution < -0.4 is 5.32 Å². The van der Waals surface area contributed by atoms with Crippen LogP contribution in [0.15, 0.2) is 30.3 Å². The van der Waals surface area contributed by atoms with Crippen LogP contribution in [0.25, 0.3) is 5.69 Å². The SMILES string of the molecule is CCN1CCc2nc(NC(=O)c3cc(C)n(-c4ccc(F)cc4)c3C)sc2C1. The van der Waals surface area contributed by atoms with Crippen LogP contribution in [0.2, 0.25) is 0 Å². The second-order valence-electron chi connectivity index (χ2n) is 7.06. The van der Waals surface area contributed by atoms with E-state index in [4.69, 9.17) is 0 Å². The fourth-order valence-electron chi connectivity index (χ4n) is 3.72. The molecule has 0 spiro atoms. The molecule has 0 saturated heterocycles. The van der Waals surface area contributed by atoms with Crippen LogP contribution >= 0.6 is 11.3 Å². The molecule has 0 atom stereocenters. The van der Waals surface area contributed by atoms with Gasteiger partial charge in [0.25, 0.3) is 5.91 Å². The first-order valence-electron chi connectivity index (χ1n) is 9.43. The zero-order valence-electron chi connectivity index (χ0n) is 16.3. The number of aromatic nitrogens is 2. The molecule has 0 radical (unpaired) electrons. The van der Waals surface area contributed by atoms with Crippen LogP contribution in [0.3, 0.4) is 0 Å². The number of hydrogen-bond acceptors (Lipinski definition) is 4. The Hall–Kier alpha value is -2.51. The fraction of sp³-hybridized carbons (Fsp3) is 0.333. The average molecular weight is 399 g/mol. The van der Waals surface area contributed by atoms with Crippen molar-refractivity contribution in [3.63, 3.8) is 0 Å². The lowest BCUT2D eigenvalue weighted by molar-refractivity contribution is 0.102. The van der Waals surface area contributed by atoms with Crippen molar-refractivity contribution < 1.29 is 9.18 Å². The maximum atomic E-state index is 13.2. The highest BCUT2D eigenvalue weighted by atomic mass is 32.1. The van der Waals surface area contributed by atoms with Crippen molar-refractivity contribution in [2.75, 3.05) is 18.4 Å². The minimum Gasteiger partial charge on any atom is -0.318 e. The molecule has 1 aromatic carbocycles. The number of likely N-dealkylation sites (N-methyl/N-ethyl adjacent to an activating group) is 1. The largest absolute Gasteiger partial charge is 0.318 e. The van der Waals surface area contributed by atoms with Crippen LogP contribution in [0.4, 0.5) is 9.52 Å². The molecule has 4 rings (SSSR count). The van der Waals surface area contributed by atoms with Crippen LogP contribution in [0, 0.1) is 19.7 Å². The van der Waals surface area contributed by atoms with E-state index < -0.39 is 0 Å². The monoisotopic (exact) mass is 398 g/mol. The Morgan fingerprint density at radius 2 is 2.04 bits per heavy atom. The second kappa shape index (κ2) is 7.48. The summed E-state index contributed by atoms with van der Waals surface area (Å²) in [5, 5.41) is 3.62. The molecule has 146 valence electrons. The number of anilines is 1. The highest BCUT2D eigenvalue weighted by molar-refractivity contribution is 7.15. The summed E-state index contributed by atoms with van der Waals surface area (Å²) in [6.07, 6.45) is 0.925. The first-order chi connectivity index (χ1) is 13.5. The van der Waals surface area contributed by atoms with Gasteiger partial charge in [0.05, 0.1) is 11.3 Å². The smallest absolute Gasteiger partial charge is 0.259 e. The van der Waals surface area contributed by atoms with Gasteiger partial charge in [-0.15, -0.1) is 11.3 Å². The summed E-state index contributed by atoms with van der Waals surface area (Å²) in [6, 6.07) is 8.14. The summed E-state index contributed by atoms with van der Waals surface area (Å²) in [5.74, 6) is -0.446. The van der Waals surface area contributed by atoms with Crippen LogP contribution in [-0.4, -0.2) is 33.4 Å². The molecule has 3 heterocycles. The first-order valence-corrected chi connectivity index (χ1v) is 10.2. The van der Waals surface area contributed by atoms with Crippen molar-refractivity contribution >= 4 is 22.4 Å². The molecule has 0 aliphatic carbocycles. The number of nitrogens with zero attached hydrogens (tertiary/aromatic N) is 3. The molecule has 3 aromatic rings. The van der Waals surface area contributed by atoms with Crippen molar-refractivity contribution in [3.05, 3.63) is 63.7 Å². The van der Waals surface area contributed by atoms with Crippen molar-refractivity contribution in [3.8, 4) is 5.69 Å². The number of thiazole rings is 1. The van der Waals surface area contributed by atoms with Gasteiger partial charge in [0, 0.05) is 41.5 Å². The molecule has 1 N–H and O–H groups in total. The number of hydrogen-bond donors (Lipinski definition) is 1. The summed E-state index contributed by atoms with van der Waals surface area (Å²) in [5.41, 5.74) is 4.28. The van der Waals surface area contributed by atoms with E-state index in [1.807, 2.05) is 24.5 Å². The van der Waals surface area contributed by atoms with Gasteiger partial charge >= 0.3 is 0 Å². The molecular weight excluding hydrogens is 375 g/mol. The van der Waals surface area contributed by atoms with Gasteiger partial charge in [-0.2, -0.15) is 0 Å². The van der Waals surface area contributed by atoms with Crippen molar-refractivity contribution in [1.82, 2.24) is 14.5 Å². The summed E-state index contributed by atoms with van der Waals surface area (Å²) >= 11 is 1.56. The van der Waals surface area contributed by atoms with E-state index in [9.17, 15) is 9.18 Å². The van der Waals surface area contributed by atoms with Crippen LogP contribution in [0.1, 0.15) is 39.2 Å². The van der Waals surface area contributed by atoms with Gasteiger partial charge < -0.3 is 4.57 Å². The Balaban J connectivity index is 1.57. The van der Waals surface area contributed by atoms with E-state index in [0.29, 0.717) is 10.7 Å². The normalized spacial score (nSPS) is 14.1. The third-order valence-corrected chi connectivity index (χ3v) is 6.24. The number of halogens is 1. The highest BCUT2D eigenvalue weighted by Crippen LogP contribution is 2.29. The number of fused-ring (bicyclic) bond motifs is 1. The predicted octanol–water partition coefficient (Wildman–Crippen LogP) is 4.32. The summed E-state index contributed by atoms with van der Waals surface area (Å²) in [6.45, 7) is 8.93. The zero-order chi connectivity index (χ0) is 19.8. The Morgan fingerprint density at radius 3 is 2.75 bits per heavy atom. The zero-order valence-corrected chi connectivity index (χ0v) is 17.1. The Bertz CT molecular complexity index is 1020. The van der Waals surface area contributed by atoms with Crippen LogP contribution in [-0.2, 0) is 13.0 Å². The maximum Gasteiger partial charge on any atom is 0.259 e. The predicted molar refractivity (Wildman–Crippen MR) is 110 cm³/mol. The lowest BCUT2D eigenvalue weighted by Gasteiger charge is -2.23. The molecule has 5 nitrogen and oxygen atoms in total. The van der Waals surface area contributed by atoms with Crippen molar-refractivity contribution in [2.24, 2.45) is 0 Å². The number of amides is 1. The Kier molecular flexibility index (Phi) is 5.03. The molecule has 1 aliphatic heterocycles. The van der Waals surface area contributed by atoms with Crippen molar-refractivity contribution in [2.45, 2.75) is 33.7 Å². The molecule has 28 heavy (non-hydrogen) atoms. The molecule has 1 amide bonds. The van der Waals surface area contributed by atoms with Crippen molar-refractivity contribution in [1.29, 1.82) is 0 Å². The average Bonchev–Trinajstić information content (AvgIpc) is 3.21. The quantitative estimate of drug-likeness (QED) is 0.712. The summed E-state index contributed by atoms with van der Waals surface area (Å²) < 4.78 is 15.2. The molecule has 0 fully saturated rings. The molecule has 0 bridgehead atoms. The minimum absolute atomic E-state index is 0.167. The summed E-state index contributed by atoms with van der Waals surface area (Å²) in [4.78, 5) is 21.1. The standard InChI is InChI=1S/C21H23FN4OS/c1-4-25-10-9-18-19(12-25)28-21(23-18)24-20(27)17-11-13(2)26(14(17)3)16-7-5-15(22)6-8-16/h5-8,11H,4,9-10,12H2,1-3H3,(H,23,24,27). The van der Waals surface area contributed by atoms with E-state index in [1.165, 1.54) is 17.0 Å². The van der Waals surface area contributed by atoms with E-state index in [-0.39, 0.29) is 11.7 Å². The lowest BCUT2D eigenvalue weighted by Crippen LogP contribution is -2.29. The number of carbonyl (C=O) groups is 1. The number of carbonyl (C=O) groups excluding carboxylic acids is 1. The lowest BCUT2D eigenvalue weighted by atomic mass is 10.2. The van der Waals surface area contributed by atoms with Gasteiger partial charge in [0.2, 0.25) is 0 Å². The van der Waals surface area contributed by atoms with Gasteiger partial charge in [-0.05, 0) is 50.7 Å². The van der Waals surface area contributed by atoms with Gasteiger partial charge in [-0.3, -0.25) is 15.0 Å². The number of aryl methyl sites for hydroxylation is 1. The second-order valence-corrected chi connectivity index (χ2v) is 8.14. The number of nitrogens with one attached hydrogen (secondary N) is 1. The topological polar surface area (TPSA) is 50.2 Å². The van der Waals surface area contributed by atoms with Gasteiger partial charge in [0.15, 0.2) is 5.13 Å². The highest BCUT2D eigenvalue weighted by Gasteiger charge is 2.22. The fourth-order valence-corrected chi connectivity index (χ4v) is 4.76. The third kappa shape index (κ3) is 3.47.